The predicted octanol–water partition coefficient (Wildman–Crippen LogP) is 2.63. The first-order chi connectivity index (χ1) is 5.67. The Kier molecular flexibility index (Phi) is 3.97. The van der Waals surface area contributed by atoms with Crippen LogP contribution in [0.25, 0.3) is 0 Å². The van der Waals surface area contributed by atoms with Gasteiger partial charge in [0, 0.05) is 0 Å². The van der Waals surface area contributed by atoms with Gasteiger partial charge in [-0.05, 0) is 33.1 Å². The molecule has 0 aliphatic rings. The molecule has 1 atom stereocenters. The third-order valence-electron chi connectivity index (χ3n) is 3.23. The fourth-order valence-electron chi connectivity index (χ4n) is 1.07. The predicted molar refractivity (Wildman–Crippen MR) is 57.6 cm³/mol. The highest BCUT2D eigenvalue weighted by atomic mass is 32.2. The Balaban J connectivity index is 5.05. The van der Waals surface area contributed by atoms with Gasteiger partial charge >= 0.3 is 0 Å². The van der Waals surface area contributed by atoms with E-state index in [1.165, 1.54) is 0 Å². The molecule has 0 amide bonds. The van der Waals surface area contributed by atoms with Crippen molar-refractivity contribution in [3.8, 4) is 0 Å². The number of hydrogen-bond donors (Lipinski definition) is 0. The lowest BCUT2D eigenvalue weighted by Crippen LogP contribution is -2.42. The molecule has 13 heavy (non-hydrogen) atoms. The molecule has 0 rings (SSSR count). The molecule has 0 aliphatic carbocycles. The average Bonchev–Trinajstić information content (AvgIpc) is 2.02. The topological polar surface area (TPSA) is 34.1 Å². The molecule has 0 spiro atoms. The van der Waals surface area contributed by atoms with Crippen molar-refractivity contribution in [3.05, 3.63) is 0 Å². The lowest BCUT2D eigenvalue weighted by molar-refractivity contribution is 0.447. The SMILES string of the molecule is CC[C@@H](C)S(=O)(=O)C(C)(C)C(C)C. The minimum absolute atomic E-state index is 0.159. The number of hydrogen-bond acceptors (Lipinski definition) is 2. The zero-order chi connectivity index (χ0) is 10.9. The summed E-state index contributed by atoms with van der Waals surface area (Å²) in [6.07, 6.45) is 0.693. The average molecular weight is 206 g/mol. The highest BCUT2D eigenvalue weighted by molar-refractivity contribution is 7.93. The van der Waals surface area contributed by atoms with Crippen molar-refractivity contribution < 1.29 is 8.42 Å². The Morgan fingerprint density at radius 1 is 1.15 bits per heavy atom. The van der Waals surface area contributed by atoms with Crippen molar-refractivity contribution in [2.45, 2.75) is 58.0 Å². The van der Waals surface area contributed by atoms with E-state index in [4.69, 9.17) is 0 Å². The smallest absolute Gasteiger partial charge is 0.158 e. The second-order valence-corrected chi connectivity index (χ2v) is 7.47. The highest BCUT2D eigenvalue weighted by Gasteiger charge is 2.39. The Morgan fingerprint density at radius 3 is 1.77 bits per heavy atom. The zero-order valence-electron chi connectivity index (χ0n) is 9.59. The van der Waals surface area contributed by atoms with Crippen LogP contribution in [-0.4, -0.2) is 18.4 Å². The quantitative estimate of drug-likeness (QED) is 0.708. The summed E-state index contributed by atoms with van der Waals surface area (Å²) in [4.78, 5) is 0. The summed E-state index contributed by atoms with van der Waals surface area (Å²) < 4.78 is 23.4. The van der Waals surface area contributed by atoms with Crippen LogP contribution in [0.2, 0.25) is 0 Å². The van der Waals surface area contributed by atoms with Gasteiger partial charge in [0.25, 0.3) is 0 Å². The van der Waals surface area contributed by atoms with Gasteiger partial charge in [-0.1, -0.05) is 20.8 Å². The van der Waals surface area contributed by atoms with Gasteiger partial charge in [-0.25, -0.2) is 8.42 Å². The monoisotopic (exact) mass is 206 g/mol. The second kappa shape index (κ2) is 3.99. The van der Waals surface area contributed by atoms with Crippen molar-refractivity contribution in [1.29, 1.82) is 0 Å². The number of sulfone groups is 1. The first-order valence-electron chi connectivity index (χ1n) is 4.91. The largest absolute Gasteiger partial charge is 0.228 e. The molecule has 0 saturated heterocycles. The first-order valence-corrected chi connectivity index (χ1v) is 6.46. The minimum Gasteiger partial charge on any atom is -0.228 e. The molecule has 0 aromatic heterocycles. The molecule has 3 heteroatoms. The summed E-state index contributed by atoms with van der Waals surface area (Å²) in [6.45, 7) is 11.3. The van der Waals surface area contributed by atoms with Crippen LogP contribution < -0.4 is 0 Å². The van der Waals surface area contributed by atoms with Crippen LogP contribution in [0.3, 0.4) is 0 Å². The minimum atomic E-state index is -2.99. The van der Waals surface area contributed by atoms with Crippen molar-refractivity contribution >= 4 is 9.84 Å². The Bertz CT molecular complexity index is 250. The maximum Gasteiger partial charge on any atom is 0.158 e. The normalized spacial score (nSPS) is 16.2. The highest BCUT2D eigenvalue weighted by Crippen LogP contribution is 2.30. The fourth-order valence-corrected chi connectivity index (χ4v) is 3.20. The summed E-state index contributed by atoms with van der Waals surface area (Å²) in [5.74, 6) is 0.159. The van der Waals surface area contributed by atoms with Gasteiger partial charge in [-0.2, -0.15) is 0 Å². The third kappa shape index (κ3) is 2.25. The van der Waals surface area contributed by atoms with Crippen LogP contribution >= 0.6 is 0 Å². The van der Waals surface area contributed by atoms with E-state index in [1.54, 1.807) is 6.92 Å². The van der Waals surface area contributed by atoms with E-state index in [1.807, 2.05) is 34.6 Å². The maximum absolute atomic E-state index is 12.0. The Labute approximate surface area is 82.6 Å². The van der Waals surface area contributed by atoms with Crippen molar-refractivity contribution in [2.75, 3.05) is 0 Å². The van der Waals surface area contributed by atoms with Gasteiger partial charge in [0.1, 0.15) is 0 Å². The summed E-state index contributed by atoms with van der Waals surface area (Å²) >= 11 is 0. The standard InChI is InChI=1S/C10H22O2S/c1-7-9(4)13(11,12)10(5,6)8(2)3/h8-9H,7H2,1-6H3/t9-/m1/s1. The molecule has 0 unspecified atom stereocenters. The Hall–Kier alpha value is -0.0500. The van der Waals surface area contributed by atoms with Crippen LogP contribution in [0.4, 0.5) is 0 Å². The lowest BCUT2D eigenvalue weighted by Gasteiger charge is -2.31. The molecule has 0 bridgehead atoms. The van der Waals surface area contributed by atoms with Gasteiger partial charge < -0.3 is 0 Å². The van der Waals surface area contributed by atoms with Gasteiger partial charge in [0.15, 0.2) is 9.84 Å². The molecule has 0 saturated carbocycles. The van der Waals surface area contributed by atoms with Crippen molar-refractivity contribution in [3.63, 3.8) is 0 Å². The van der Waals surface area contributed by atoms with Gasteiger partial charge in [-0.3, -0.25) is 0 Å². The van der Waals surface area contributed by atoms with Gasteiger partial charge in [0.2, 0.25) is 0 Å². The molecule has 0 aliphatic heterocycles. The van der Waals surface area contributed by atoms with Crippen LogP contribution in [0, 0.1) is 5.92 Å². The molecular formula is C10H22O2S. The first kappa shape index (κ1) is 12.9. The summed E-state index contributed by atoms with van der Waals surface area (Å²) in [5.41, 5.74) is 0. The van der Waals surface area contributed by atoms with E-state index >= 15 is 0 Å². The molecule has 0 aromatic rings. The second-order valence-electron chi connectivity index (χ2n) is 4.52. The molecule has 80 valence electrons. The van der Waals surface area contributed by atoms with Crippen LogP contribution in [0.5, 0.6) is 0 Å². The third-order valence-corrected chi connectivity index (χ3v) is 6.56. The van der Waals surface area contributed by atoms with Crippen molar-refractivity contribution in [2.24, 2.45) is 5.92 Å². The van der Waals surface area contributed by atoms with E-state index in [-0.39, 0.29) is 11.2 Å². The fraction of sp³-hybridized carbons (Fsp3) is 1.00. The zero-order valence-corrected chi connectivity index (χ0v) is 10.4. The van der Waals surface area contributed by atoms with Crippen molar-refractivity contribution in [1.82, 2.24) is 0 Å². The van der Waals surface area contributed by atoms with E-state index in [0.29, 0.717) is 6.42 Å². The van der Waals surface area contributed by atoms with E-state index < -0.39 is 14.6 Å². The molecule has 0 N–H and O–H groups in total. The van der Waals surface area contributed by atoms with E-state index in [2.05, 4.69) is 0 Å². The molecule has 2 nitrogen and oxygen atoms in total. The van der Waals surface area contributed by atoms with Crippen LogP contribution in [-0.2, 0) is 9.84 Å². The van der Waals surface area contributed by atoms with E-state index in [9.17, 15) is 8.42 Å². The number of rotatable bonds is 4. The molecule has 0 heterocycles. The van der Waals surface area contributed by atoms with Crippen LogP contribution in [0.1, 0.15) is 48.0 Å². The Morgan fingerprint density at radius 2 is 1.54 bits per heavy atom. The molecule has 0 fully saturated rings. The van der Waals surface area contributed by atoms with Crippen LogP contribution in [0.15, 0.2) is 0 Å². The maximum atomic E-state index is 12.0. The summed E-state index contributed by atoms with van der Waals surface area (Å²) in [6, 6.07) is 0. The van der Waals surface area contributed by atoms with E-state index in [0.717, 1.165) is 0 Å². The molecular weight excluding hydrogens is 184 g/mol. The van der Waals surface area contributed by atoms with Gasteiger partial charge in [-0.15, -0.1) is 0 Å². The lowest BCUT2D eigenvalue weighted by atomic mass is 10.00. The van der Waals surface area contributed by atoms with Gasteiger partial charge in [0.05, 0.1) is 10.00 Å². The molecule has 0 aromatic carbocycles. The molecule has 0 radical (unpaired) electrons. The summed E-state index contributed by atoms with van der Waals surface area (Å²) in [7, 11) is -2.99. The summed E-state index contributed by atoms with van der Waals surface area (Å²) in [5, 5.41) is -0.232.